The molecule has 142 valence electrons. The van der Waals surface area contributed by atoms with Crippen molar-refractivity contribution in [2.75, 3.05) is 27.2 Å². The van der Waals surface area contributed by atoms with Gasteiger partial charge in [-0.05, 0) is 50.3 Å². The smallest absolute Gasteiger partial charge is 0.227 e. The number of aryl methyl sites for hydroxylation is 1. The van der Waals surface area contributed by atoms with E-state index in [1.54, 1.807) is 17.2 Å². The van der Waals surface area contributed by atoms with Gasteiger partial charge in [0.1, 0.15) is 11.4 Å². The van der Waals surface area contributed by atoms with Gasteiger partial charge in [0.25, 0.3) is 0 Å². The zero-order chi connectivity index (χ0) is 19.4. The van der Waals surface area contributed by atoms with Crippen molar-refractivity contribution in [3.05, 3.63) is 71.2 Å². The number of furan rings is 1. The standard InChI is InChI=1S/C22H25FN2O2/c1-16-7-8-20-18(15-27-21(20)11-16)13-22(26)25(10-9-24(2)3)14-17-5-4-6-19(23)12-17/h4-8,11-12,15H,9-10,13-14H2,1-3H3. The van der Waals surface area contributed by atoms with Crippen LogP contribution in [0.15, 0.2) is 53.1 Å². The van der Waals surface area contributed by atoms with Crippen molar-refractivity contribution >= 4 is 16.9 Å². The highest BCUT2D eigenvalue weighted by Gasteiger charge is 2.18. The summed E-state index contributed by atoms with van der Waals surface area (Å²) in [4.78, 5) is 16.8. The quantitative estimate of drug-likeness (QED) is 0.632. The normalized spacial score (nSPS) is 11.3. The Balaban J connectivity index is 1.78. The highest BCUT2D eigenvalue weighted by atomic mass is 19.1. The van der Waals surface area contributed by atoms with Crippen LogP contribution in [0.25, 0.3) is 11.0 Å². The molecule has 0 atom stereocenters. The molecular weight excluding hydrogens is 343 g/mol. The fourth-order valence-corrected chi connectivity index (χ4v) is 3.07. The van der Waals surface area contributed by atoms with Crippen molar-refractivity contribution in [1.29, 1.82) is 0 Å². The van der Waals surface area contributed by atoms with E-state index in [0.29, 0.717) is 13.1 Å². The summed E-state index contributed by atoms with van der Waals surface area (Å²) < 4.78 is 19.1. The molecule has 3 aromatic rings. The van der Waals surface area contributed by atoms with Gasteiger partial charge < -0.3 is 14.2 Å². The molecule has 5 heteroatoms. The maximum absolute atomic E-state index is 13.5. The average molecular weight is 368 g/mol. The number of carbonyl (C=O) groups is 1. The highest BCUT2D eigenvalue weighted by Crippen LogP contribution is 2.23. The summed E-state index contributed by atoms with van der Waals surface area (Å²) in [5.74, 6) is -0.284. The van der Waals surface area contributed by atoms with Gasteiger partial charge in [-0.2, -0.15) is 0 Å². The van der Waals surface area contributed by atoms with Gasteiger partial charge >= 0.3 is 0 Å². The SMILES string of the molecule is Cc1ccc2c(CC(=O)N(CCN(C)C)Cc3cccc(F)c3)coc2c1. The predicted octanol–water partition coefficient (Wildman–Crippen LogP) is 4.01. The van der Waals surface area contributed by atoms with Crippen molar-refractivity contribution in [1.82, 2.24) is 9.80 Å². The number of fused-ring (bicyclic) bond motifs is 1. The van der Waals surface area contributed by atoms with Crippen LogP contribution in [-0.4, -0.2) is 42.9 Å². The third kappa shape index (κ3) is 4.95. The fourth-order valence-electron chi connectivity index (χ4n) is 3.07. The third-order valence-electron chi connectivity index (χ3n) is 4.59. The summed E-state index contributed by atoms with van der Waals surface area (Å²) in [6.45, 7) is 3.72. The molecule has 0 bridgehead atoms. The van der Waals surface area contributed by atoms with Crippen molar-refractivity contribution in [2.24, 2.45) is 0 Å². The number of carbonyl (C=O) groups excluding carboxylic acids is 1. The number of halogens is 1. The van der Waals surface area contributed by atoms with E-state index in [1.165, 1.54) is 12.1 Å². The maximum Gasteiger partial charge on any atom is 0.227 e. The summed E-state index contributed by atoms with van der Waals surface area (Å²) in [5.41, 5.74) is 3.58. The minimum absolute atomic E-state index is 0.00406. The summed E-state index contributed by atoms with van der Waals surface area (Å²) in [5, 5.41) is 0.965. The van der Waals surface area contributed by atoms with Crippen LogP contribution < -0.4 is 0 Å². The van der Waals surface area contributed by atoms with E-state index < -0.39 is 0 Å². The summed E-state index contributed by atoms with van der Waals surface area (Å²) in [7, 11) is 3.94. The van der Waals surface area contributed by atoms with Crippen LogP contribution in [0.4, 0.5) is 4.39 Å². The molecule has 0 unspecified atom stereocenters. The Hall–Kier alpha value is -2.66. The molecule has 2 aromatic carbocycles. The lowest BCUT2D eigenvalue weighted by Crippen LogP contribution is -2.37. The molecule has 0 fully saturated rings. The Kier molecular flexibility index (Phi) is 5.91. The number of likely N-dealkylation sites (N-methyl/N-ethyl adjacent to an activating group) is 1. The minimum Gasteiger partial charge on any atom is -0.464 e. The van der Waals surface area contributed by atoms with Gasteiger partial charge in [0.2, 0.25) is 5.91 Å². The summed E-state index contributed by atoms with van der Waals surface area (Å²) in [6, 6.07) is 12.4. The van der Waals surface area contributed by atoms with E-state index in [4.69, 9.17) is 4.42 Å². The number of rotatable bonds is 7. The van der Waals surface area contributed by atoms with Crippen LogP contribution in [0.1, 0.15) is 16.7 Å². The highest BCUT2D eigenvalue weighted by molar-refractivity contribution is 5.88. The molecule has 0 spiro atoms. The van der Waals surface area contributed by atoms with Gasteiger partial charge in [0.15, 0.2) is 0 Å². The van der Waals surface area contributed by atoms with E-state index in [9.17, 15) is 9.18 Å². The maximum atomic E-state index is 13.5. The molecule has 1 amide bonds. The lowest BCUT2D eigenvalue weighted by Gasteiger charge is -2.24. The molecule has 4 nitrogen and oxygen atoms in total. The monoisotopic (exact) mass is 368 g/mol. The molecule has 0 saturated carbocycles. The largest absolute Gasteiger partial charge is 0.464 e. The summed E-state index contributed by atoms with van der Waals surface area (Å²) >= 11 is 0. The first-order valence-electron chi connectivity index (χ1n) is 9.06. The van der Waals surface area contributed by atoms with Gasteiger partial charge in [-0.1, -0.05) is 24.3 Å². The van der Waals surface area contributed by atoms with E-state index >= 15 is 0 Å². The van der Waals surface area contributed by atoms with E-state index in [2.05, 4.69) is 0 Å². The minimum atomic E-state index is -0.288. The van der Waals surface area contributed by atoms with E-state index in [1.807, 2.05) is 50.2 Å². The van der Waals surface area contributed by atoms with Crippen LogP contribution in [0.5, 0.6) is 0 Å². The third-order valence-corrected chi connectivity index (χ3v) is 4.59. The first kappa shape index (κ1) is 19.1. The van der Waals surface area contributed by atoms with Gasteiger partial charge in [0, 0.05) is 30.6 Å². The number of amides is 1. The van der Waals surface area contributed by atoms with Crippen LogP contribution >= 0.6 is 0 Å². The Morgan fingerprint density at radius 2 is 1.93 bits per heavy atom. The second kappa shape index (κ2) is 8.35. The van der Waals surface area contributed by atoms with Crippen molar-refractivity contribution < 1.29 is 13.6 Å². The van der Waals surface area contributed by atoms with Crippen LogP contribution in [-0.2, 0) is 17.8 Å². The fraction of sp³-hybridized carbons (Fsp3) is 0.318. The van der Waals surface area contributed by atoms with Crippen LogP contribution in [0, 0.1) is 12.7 Å². The molecule has 0 aliphatic rings. The van der Waals surface area contributed by atoms with Crippen LogP contribution in [0.3, 0.4) is 0 Å². The van der Waals surface area contributed by atoms with Crippen molar-refractivity contribution in [3.63, 3.8) is 0 Å². The first-order valence-corrected chi connectivity index (χ1v) is 9.06. The lowest BCUT2D eigenvalue weighted by molar-refractivity contribution is -0.131. The van der Waals surface area contributed by atoms with Gasteiger partial charge in [-0.25, -0.2) is 4.39 Å². The van der Waals surface area contributed by atoms with Crippen molar-refractivity contribution in [3.8, 4) is 0 Å². The molecule has 0 N–H and O–H groups in total. The average Bonchev–Trinajstić information content (AvgIpc) is 3.00. The molecule has 0 saturated heterocycles. The molecule has 3 rings (SSSR count). The van der Waals surface area contributed by atoms with Crippen molar-refractivity contribution in [2.45, 2.75) is 19.9 Å². The molecule has 27 heavy (non-hydrogen) atoms. The number of nitrogens with zero attached hydrogens (tertiary/aromatic N) is 2. The van der Waals surface area contributed by atoms with E-state index in [-0.39, 0.29) is 18.1 Å². The molecular formula is C22H25FN2O2. The molecule has 1 aromatic heterocycles. The Labute approximate surface area is 159 Å². The van der Waals surface area contributed by atoms with Gasteiger partial charge in [0.05, 0.1) is 12.7 Å². The molecule has 1 heterocycles. The second-order valence-corrected chi connectivity index (χ2v) is 7.19. The zero-order valence-corrected chi connectivity index (χ0v) is 16.0. The Morgan fingerprint density at radius 3 is 2.67 bits per heavy atom. The predicted molar refractivity (Wildman–Crippen MR) is 105 cm³/mol. The Morgan fingerprint density at radius 1 is 1.11 bits per heavy atom. The number of hydrogen-bond donors (Lipinski definition) is 0. The molecule has 0 aliphatic carbocycles. The van der Waals surface area contributed by atoms with Gasteiger partial charge in [-0.15, -0.1) is 0 Å². The number of benzene rings is 2. The van der Waals surface area contributed by atoms with E-state index in [0.717, 1.165) is 34.2 Å². The first-order chi connectivity index (χ1) is 12.9. The van der Waals surface area contributed by atoms with Gasteiger partial charge in [-0.3, -0.25) is 4.79 Å². The molecule has 0 radical (unpaired) electrons. The summed E-state index contributed by atoms with van der Waals surface area (Å²) in [6.07, 6.45) is 1.92. The lowest BCUT2D eigenvalue weighted by atomic mass is 10.1. The number of hydrogen-bond acceptors (Lipinski definition) is 3. The Bertz CT molecular complexity index is 933. The molecule has 0 aliphatic heterocycles. The second-order valence-electron chi connectivity index (χ2n) is 7.19. The topological polar surface area (TPSA) is 36.7 Å². The van der Waals surface area contributed by atoms with Crippen LogP contribution in [0.2, 0.25) is 0 Å². The zero-order valence-electron chi connectivity index (χ0n) is 16.0.